The number of carbonyl (C=O) groups is 1. The van der Waals surface area contributed by atoms with Crippen molar-refractivity contribution in [3.8, 4) is 5.88 Å². The van der Waals surface area contributed by atoms with Gasteiger partial charge in [0.2, 0.25) is 11.8 Å². The smallest absolute Gasteiger partial charge is 0.233 e. The van der Waals surface area contributed by atoms with E-state index in [1.165, 1.54) is 37.0 Å². The van der Waals surface area contributed by atoms with Crippen LogP contribution in [-0.2, 0) is 4.79 Å². The van der Waals surface area contributed by atoms with Gasteiger partial charge in [0, 0.05) is 11.8 Å². The third-order valence-electron chi connectivity index (χ3n) is 5.37. The number of hydrogen-bond donors (Lipinski definition) is 2. The standard InChI is InChI=1S/C21H24N4O2S/c1-27-18-11-10-17-20(24-18)28-21(23-17)25-19(26)16(12-13-4-2-3-5-13)14-6-8-15(22)9-7-14/h6-11,13,16H,2-5,12,22H2,1H3,(H,23,25,26). The Kier molecular flexibility index (Phi) is 5.43. The van der Waals surface area contributed by atoms with E-state index in [0.29, 0.717) is 22.6 Å². The van der Waals surface area contributed by atoms with Crippen LogP contribution < -0.4 is 15.8 Å². The summed E-state index contributed by atoms with van der Waals surface area (Å²) in [5.41, 5.74) is 8.28. The number of methoxy groups -OCH3 is 1. The van der Waals surface area contributed by atoms with Crippen molar-refractivity contribution in [2.75, 3.05) is 18.2 Å². The minimum absolute atomic E-state index is 0.0253. The Morgan fingerprint density at radius 3 is 2.68 bits per heavy atom. The fourth-order valence-electron chi connectivity index (χ4n) is 3.86. The van der Waals surface area contributed by atoms with Crippen molar-refractivity contribution in [1.29, 1.82) is 0 Å². The third-order valence-corrected chi connectivity index (χ3v) is 6.25. The molecule has 2 aromatic heterocycles. The highest BCUT2D eigenvalue weighted by Gasteiger charge is 2.27. The first-order valence-electron chi connectivity index (χ1n) is 9.60. The Hall–Kier alpha value is -2.67. The number of rotatable bonds is 6. The predicted molar refractivity (Wildman–Crippen MR) is 113 cm³/mol. The number of nitrogens with one attached hydrogen (secondary N) is 1. The molecular weight excluding hydrogens is 372 g/mol. The van der Waals surface area contributed by atoms with Crippen LogP contribution in [0.5, 0.6) is 5.88 Å². The maximum Gasteiger partial charge on any atom is 0.233 e. The van der Waals surface area contributed by atoms with Crippen molar-refractivity contribution in [1.82, 2.24) is 9.97 Å². The molecule has 1 aliphatic carbocycles. The van der Waals surface area contributed by atoms with Gasteiger partial charge >= 0.3 is 0 Å². The van der Waals surface area contributed by atoms with Crippen LogP contribution in [-0.4, -0.2) is 23.0 Å². The summed E-state index contributed by atoms with van der Waals surface area (Å²) in [6, 6.07) is 11.3. The van der Waals surface area contributed by atoms with E-state index in [4.69, 9.17) is 10.5 Å². The first-order valence-corrected chi connectivity index (χ1v) is 10.4. The second-order valence-corrected chi connectivity index (χ2v) is 8.27. The zero-order chi connectivity index (χ0) is 19.5. The summed E-state index contributed by atoms with van der Waals surface area (Å²) < 4.78 is 5.16. The lowest BCUT2D eigenvalue weighted by Gasteiger charge is -2.20. The maximum atomic E-state index is 13.2. The number of pyridine rings is 1. The number of carbonyl (C=O) groups excluding carboxylic acids is 1. The molecule has 0 bridgehead atoms. The van der Waals surface area contributed by atoms with Crippen LogP contribution in [0.1, 0.15) is 43.6 Å². The lowest BCUT2D eigenvalue weighted by Crippen LogP contribution is -2.23. The summed E-state index contributed by atoms with van der Waals surface area (Å²) in [5.74, 6) is 0.894. The van der Waals surface area contributed by atoms with E-state index in [9.17, 15) is 4.79 Å². The minimum atomic E-state index is -0.210. The Morgan fingerprint density at radius 2 is 1.96 bits per heavy atom. The van der Waals surface area contributed by atoms with Crippen molar-refractivity contribution in [3.63, 3.8) is 0 Å². The highest BCUT2D eigenvalue weighted by atomic mass is 32.1. The number of benzene rings is 1. The van der Waals surface area contributed by atoms with Gasteiger partial charge in [-0.25, -0.2) is 9.97 Å². The van der Waals surface area contributed by atoms with Crippen molar-refractivity contribution in [3.05, 3.63) is 42.0 Å². The van der Waals surface area contributed by atoms with Gasteiger partial charge in [0.05, 0.1) is 13.0 Å². The Labute approximate surface area is 168 Å². The van der Waals surface area contributed by atoms with E-state index in [1.54, 1.807) is 13.2 Å². The van der Waals surface area contributed by atoms with E-state index < -0.39 is 0 Å². The van der Waals surface area contributed by atoms with Gasteiger partial charge in [0.1, 0.15) is 10.3 Å². The highest BCUT2D eigenvalue weighted by molar-refractivity contribution is 7.21. The van der Waals surface area contributed by atoms with Gasteiger partial charge in [-0.15, -0.1) is 0 Å². The normalized spacial score (nSPS) is 15.6. The molecule has 7 heteroatoms. The first kappa shape index (κ1) is 18.7. The fourth-order valence-corrected chi connectivity index (χ4v) is 4.69. The number of nitrogen functional groups attached to an aromatic ring is 1. The molecule has 4 rings (SSSR count). The number of nitrogens with two attached hydrogens (primary N) is 1. The number of thiazole rings is 1. The lowest BCUT2D eigenvalue weighted by molar-refractivity contribution is -0.118. The zero-order valence-electron chi connectivity index (χ0n) is 15.9. The molecule has 0 aliphatic heterocycles. The van der Waals surface area contributed by atoms with Crippen LogP contribution in [0.4, 0.5) is 10.8 Å². The molecule has 1 amide bonds. The predicted octanol–water partition coefficient (Wildman–Crippen LogP) is 4.58. The van der Waals surface area contributed by atoms with E-state index in [0.717, 1.165) is 22.3 Å². The van der Waals surface area contributed by atoms with Gasteiger partial charge in [-0.2, -0.15) is 0 Å². The molecule has 0 radical (unpaired) electrons. The van der Waals surface area contributed by atoms with E-state index in [-0.39, 0.29) is 11.8 Å². The minimum Gasteiger partial charge on any atom is -0.481 e. The van der Waals surface area contributed by atoms with E-state index >= 15 is 0 Å². The maximum absolute atomic E-state index is 13.2. The highest BCUT2D eigenvalue weighted by Crippen LogP contribution is 2.35. The van der Waals surface area contributed by atoms with Gasteiger partial charge in [0.15, 0.2) is 5.13 Å². The molecular formula is C21H24N4O2S. The number of aromatic nitrogens is 2. The number of hydrogen-bond acceptors (Lipinski definition) is 6. The Bertz CT molecular complexity index is 964. The largest absolute Gasteiger partial charge is 0.481 e. The van der Waals surface area contributed by atoms with Crippen LogP contribution in [0, 0.1) is 5.92 Å². The molecule has 0 saturated heterocycles. The van der Waals surface area contributed by atoms with Gasteiger partial charge in [-0.05, 0) is 36.1 Å². The van der Waals surface area contributed by atoms with Gasteiger partial charge in [-0.1, -0.05) is 49.2 Å². The topological polar surface area (TPSA) is 90.1 Å². The van der Waals surface area contributed by atoms with Crippen LogP contribution in [0.15, 0.2) is 36.4 Å². The lowest BCUT2D eigenvalue weighted by atomic mass is 9.87. The van der Waals surface area contributed by atoms with Crippen LogP contribution in [0.25, 0.3) is 10.3 Å². The Balaban J connectivity index is 1.56. The van der Waals surface area contributed by atoms with Gasteiger partial charge < -0.3 is 15.8 Å². The summed E-state index contributed by atoms with van der Waals surface area (Å²) in [7, 11) is 1.58. The number of fused-ring (bicyclic) bond motifs is 1. The summed E-state index contributed by atoms with van der Waals surface area (Å²) in [6.07, 6.45) is 5.76. The van der Waals surface area contributed by atoms with Gasteiger partial charge in [-0.3, -0.25) is 4.79 Å². The molecule has 2 heterocycles. The average Bonchev–Trinajstić information content (AvgIpc) is 3.35. The second-order valence-electron chi connectivity index (χ2n) is 7.29. The number of ether oxygens (including phenoxy) is 1. The van der Waals surface area contributed by atoms with Crippen LogP contribution >= 0.6 is 11.3 Å². The fraction of sp³-hybridized carbons (Fsp3) is 0.381. The van der Waals surface area contributed by atoms with E-state index in [1.807, 2.05) is 30.3 Å². The summed E-state index contributed by atoms with van der Waals surface area (Å²) in [4.78, 5) is 22.8. The van der Waals surface area contributed by atoms with Crippen LogP contribution in [0.2, 0.25) is 0 Å². The molecule has 28 heavy (non-hydrogen) atoms. The van der Waals surface area contributed by atoms with Crippen molar-refractivity contribution in [2.24, 2.45) is 5.92 Å². The number of amides is 1. The van der Waals surface area contributed by atoms with Gasteiger partial charge in [0.25, 0.3) is 0 Å². The quantitative estimate of drug-likeness (QED) is 0.595. The average molecular weight is 397 g/mol. The molecule has 146 valence electrons. The van der Waals surface area contributed by atoms with Crippen molar-refractivity contribution in [2.45, 2.75) is 38.0 Å². The third kappa shape index (κ3) is 4.09. The monoisotopic (exact) mass is 396 g/mol. The summed E-state index contributed by atoms with van der Waals surface area (Å²) >= 11 is 1.36. The molecule has 3 N–H and O–H groups in total. The van der Waals surface area contributed by atoms with Crippen molar-refractivity contribution < 1.29 is 9.53 Å². The molecule has 1 fully saturated rings. The molecule has 1 saturated carbocycles. The zero-order valence-corrected chi connectivity index (χ0v) is 16.7. The van der Waals surface area contributed by atoms with Crippen molar-refractivity contribution >= 4 is 38.4 Å². The molecule has 1 aromatic carbocycles. The Morgan fingerprint density at radius 1 is 1.21 bits per heavy atom. The molecule has 1 unspecified atom stereocenters. The summed E-state index contributed by atoms with van der Waals surface area (Å²) in [6.45, 7) is 0. The molecule has 1 aliphatic rings. The summed E-state index contributed by atoms with van der Waals surface area (Å²) in [5, 5.41) is 3.58. The second kappa shape index (κ2) is 8.14. The van der Waals surface area contributed by atoms with Crippen LogP contribution in [0.3, 0.4) is 0 Å². The molecule has 1 atom stereocenters. The number of anilines is 2. The van der Waals surface area contributed by atoms with E-state index in [2.05, 4.69) is 15.3 Å². The molecule has 0 spiro atoms. The number of nitrogens with zero attached hydrogens (tertiary/aromatic N) is 2. The molecule has 6 nitrogen and oxygen atoms in total. The SMILES string of the molecule is COc1ccc2nc(NC(=O)C(CC3CCCC3)c3ccc(N)cc3)sc2n1. The first-order chi connectivity index (χ1) is 13.6. The molecule has 3 aromatic rings.